The van der Waals surface area contributed by atoms with E-state index in [1.807, 2.05) is 92.7 Å². The largest absolute Gasteiger partial charge is 0.449 e. The molecule has 0 aliphatic rings. The molecule has 4 nitrogen and oxygen atoms in total. The Morgan fingerprint density at radius 2 is 1.53 bits per heavy atom. The van der Waals surface area contributed by atoms with Gasteiger partial charge in [0.25, 0.3) is 0 Å². The van der Waals surface area contributed by atoms with Crippen molar-refractivity contribution in [1.82, 2.24) is 9.55 Å². The van der Waals surface area contributed by atoms with Crippen LogP contribution in [-0.2, 0) is 4.74 Å². The zero-order valence-corrected chi connectivity index (χ0v) is 17.0. The zero-order chi connectivity index (χ0) is 20.9. The van der Waals surface area contributed by atoms with E-state index in [-0.39, 0.29) is 5.92 Å². The van der Waals surface area contributed by atoms with Crippen LogP contribution in [0, 0.1) is 17.8 Å². The Morgan fingerprint density at radius 3 is 2.23 bits per heavy atom. The molecule has 0 amide bonds. The molecule has 0 atom stereocenters. The van der Waals surface area contributed by atoms with Crippen molar-refractivity contribution in [3.63, 3.8) is 0 Å². The van der Waals surface area contributed by atoms with Gasteiger partial charge < -0.3 is 4.74 Å². The molecule has 4 rings (SSSR count). The van der Waals surface area contributed by atoms with Crippen LogP contribution in [0.2, 0.25) is 0 Å². The normalized spacial score (nSPS) is 10.6. The lowest BCUT2D eigenvalue weighted by molar-refractivity contribution is 0.136. The van der Waals surface area contributed by atoms with Gasteiger partial charge in [0.1, 0.15) is 0 Å². The van der Waals surface area contributed by atoms with Crippen LogP contribution in [-0.4, -0.2) is 22.3 Å². The average Bonchev–Trinajstić information content (AvgIpc) is 3.17. The molecule has 0 bridgehead atoms. The van der Waals surface area contributed by atoms with E-state index in [4.69, 9.17) is 4.74 Å². The quantitative estimate of drug-likeness (QED) is 0.416. The van der Waals surface area contributed by atoms with Gasteiger partial charge >= 0.3 is 6.09 Å². The van der Waals surface area contributed by atoms with Crippen LogP contribution in [0.4, 0.5) is 4.79 Å². The Hall–Kier alpha value is -3.84. The molecular weight excluding hydrogens is 372 g/mol. The van der Waals surface area contributed by atoms with E-state index in [1.54, 1.807) is 4.57 Å². The summed E-state index contributed by atoms with van der Waals surface area (Å²) in [5.74, 6) is 7.14. The number of benzene rings is 3. The van der Waals surface area contributed by atoms with Gasteiger partial charge in [-0.2, -0.15) is 0 Å². The fourth-order valence-corrected chi connectivity index (χ4v) is 3.08. The number of aromatic nitrogens is 2. The maximum Gasteiger partial charge on any atom is 0.420 e. The number of rotatable bonds is 3. The molecule has 0 spiro atoms. The first-order valence-electron chi connectivity index (χ1n) is 9.94. The van der Waals surface area contributed by atoms with Gasteiger partial charge in [0, 0.05) is 16.7 Å². The Labute approximate surface area is 176 Å². The Bertz CT molecular complexity index is 1230. The van der Waals surface area contributed by atoms with Crippen molar-refractivity contribution in [2.45, 2.75) is 13.8 Å². The third kappa shape index (κ3) is 4.26. The van der Waals surface area contributed by atoms with Crippen LogP contribution in [0.1, 0.15) is 25.0 Å². The first kappa shape index (κ1) is 19.5. The van der Waals surface area contributed by atoms with Crippen molar-refractivity contribution in [2.24, 2.45) is 5.92 Å². The second kappa shape index (κ2) is 8.67. The van der Waals surface area contributed by atoms with Gasteiger partial charge in [0.2, 0.25) is 0 Å². The molecule has 0 N–H and O–H groups in total. The van der Waals surface area contributed by atoms with E-state index in [0.29, 0.717) is 12.4 Å². The van der Waals surface area contributed by atoms with E-state index < -0.39 is 6.09 Å². The van der Waals surface area contributed by atoms with Crippen LogP contribution in [0.5, 0.6) is 0 Å². The number of carbonyl (C=O) groups is 1. The van der Waals surface area contributed by atoms with Crippen molar-refractivity contribution >= 4 is 17.1 Å². The van der Waals surface area contributed by atoms with E-state index in [9.17, 15) is 4.79 Å². The molecule has 0 unspecified atom stereocenters. The van der Waals surface area contributed by atoms with Crippen molar-refractivity contribution in [3.8, 4) is 23.2 Å². The van der Waals surface area contributed by atoms with Gasteiger partial charge in [-0.1, -0.05) is 68.2 Å². The number of para-hydroxylation sites is 2. The molecule has 0 radical (unpaired) electrons. The van der Waals surface area contributed by atoms with Gasteiger partial charge in [-0.05, 0) is 42.3 Å². The number of hydrogen-bond donors (Lipinski definition) is 0. The maximum absolute atomic E-state index is 12.8. The van der Waals surface area contributed by atoms with Gasteiger partial charge in [-0.3, -0.25) is 0 Å². The average molecular weight is 394 g/mol. The molecule has 1 aromatic heterocycles. The third-order valence-corrected chi connectivity index (χ3v) is 4.55. The minimum absolute atomic E-state index is 0.259. The molecule has 0 aliphatic heterocycles. The number of fused-ring (bicyclic) bond motifs is 1. The first-order chi connectivity index (χ1) is 14.6. The summed E-state index contributed by atoms with van der Waals surface area (Å²) in [4.78, 5) is 17.5. The minimum atomic E-state index is -0.416. The van der Waals surface area contributed by atoms with Crippen molar-refractivity contribution < 1.29 is 9.53 Å². The van der Waals surface area contributed by atoms with Gasteiger partial charge in [-0.15, -0.1) is 0 Å². The standard InChI is InChI=1S/C26H22N2O2/c1-19(2)18-30-26(29)28-24-11-7-6-10-23(24)27-25(28)22-16-14-21(15-17-22)13-12-20-8-4-3-5-9-20/h3-11,14-17,19H,18H2,1-2H3. The van der Waals surface area contributed by atoms with Crippen molar-refractivity contribution in [1.29, 1.82) is 0 Å². The lowest BCUT2D eigenvalue weighted by Gasteiger charge is -2.10. The second-order valence-corrected chi connectivity index (χ2v) is 7.42. The molecular formula is C26H22N2O2. The van der Waals surface area contributed by atoms with E-state index in [1.165, 1.54) is 0 Å². The highest BCUT2D eigenvalue weighted by Crippen LogP contribution is 2.25. The van der Waals surface area contributed by atoms with Crippen molar-refractivity contribution in [3.05, 3.63) is 90.0 Å². The fraction of sp³-hybridized carbons (Fsp3) is 0.154. The smallest absolute Gasteiger partial charge is 0.420 e. The topological polar surface area (TPSA) is 44.1 Å². The summed E-state index contributed by atoms with van der Waals surface area (Å²) >= 11 is 0. The van der Waals surface area contributed by atoms with E-state index >= 15 is 0 Å². The molecule has 0 aliphatic carbocycles. The highest BCUT2D eigenvalue weighted by atomic mass is 16.5. The predicted molar refractivity (Wildman–Crippen MR) is 119 cm³/mol. The Morgan fingerprint density at radius 1 is 0.900 bits per heavy atom. The summed E-state index contributed by atoms with van der Waals surface area (Å²) in [6.45, 7) is 4.38. The molecule has 0 saturated heterocycles. The van der Waals surface area contributed by atoms with Crippen LogP contribution >= 0.6 is 0 Å². The summed E-state index contributed by atoms with van der Waals surface area (Å²) in [5, 5.41) is 0. The zero-order valence-electron chi connectivity index (χ0n) is 17.0. The maximum atomic E-state index is 12.8. The SMILES string of the molecule is CC(C)COC(=O)n1c(-c2ccc(C#Cc3ccccc3)cc2)nc2ccccc21. The lowest BCUT2D eigenvalue weighted by Crippen LogP contribution is -2.17. The Kier molecular flexibility index (Phi) is 5.63. The molecule has 0 fully saturated rings. The molecule has 4 heteroatoms. The fourth-order valence-electron chi connectivity index (χ4n) is 3.08. The molecule has 148 valence electrons. The van der Waals surface area contributed by atoms with Gasteiger partial charge in [0.05, 0.1) is 17.6 Å². The predicted octanol–water partition coefficient (Wildman–Crippen LogP) is 5.74. The van der Waals surface area contributed by atoms with Crippen LogP contribution in [0.3, 0.4) is 0 Å². The number of carbonyl (C=O) groups excluding carboxylic acids is 1. The Balaban J connectivity index is 1.68. The number of ether oxygens (including phenoxy) is 1. The number of nitrogens with zero attached hydrogens (tertiary/aromatic N) is 2. The molecule has 30 heavy (non-hydrogen) atoms. The summed E-state index contributed by atoms with van der Waals surface area (Å²) in [7, 11) is 0. The van der Waals surface area contributed by atoms with Gasteiger partial charge in [0.15, 0.2) is 5.82 Å². The summed E-state index contributed by atoms with van der Waals surface area (Å²) in [6.07, 6.45) is -0.416. The molecule has 1 heterocycles. The highest BCUT2D eigenvalue weighted by Gasteiger charge is 2.19. The van der Waals surface area contributed by atoms with Crippen LogP contribution in [0.25, 0.3) is 22.4 Å². The second-order valence-electron chi connectivity index (χ2n) is 7.42. The highest BCUT2D eigenvalue weighted by molar-refractivity contribution is 5.92. The number of imidazole rings is 1. The summed E-state index contributed by atoms with van der Waals surface area (Å²) < 4.78 is 7.04. The lowest BCUT2D eigenvalue weighted by atomic mass is 10.1. The summed E-state index contributed by atoms with van der Waals surface area (Å²) in [6, 6.07) is 25.2. The monoisotopic (exact) mass is 394 g/mol. The summed E-state index contributed by atoms with van der Waals surface area (Å²) in [5.41, 5.74) is 4.18. The molecule has 3 aromatic carbocycles. The molecule has 0 saturated carbocycles. The van der Waals surface area contributed by atoms with Crippen LogP contribution < -0.4 is 0 Å². The van der Waals surface area contributed by atoms with E-state index in [0.717, 1.165) is 27.7 Å². The van der Waals surface area contributed by atoms with Gasteiger partial charge in [-0.25, -0.2) is 14.3 Å². The molecule has 4 aromatic rings. The van der Waals surface area contributed by atoms with E-state index in [2.05, 4.69) is 16.8 Å². The number of hydrogen-bond acceptors (Lipinski definition) is 3. The first-order valence-corrected chi connectivity index (χ1v) is 9.94. The minimum Gasteiger partial charge on any atom is -0.449 e. The third-order valence-electron chi connectivity index (χ3n) is 4.55. The van der Waals surface area contributed by atoms with Crippen LogP contribution in [0.15, 0.2) is 78.9 Å². The van der Waals surface area contributed by atoms with Crippen molar-refractivity contribution in [2.75, 3.05) is 6.61 Å².